The first-order valence-electron chi connectivity index (χ1n) is 3.23. The van der Waals surface area contributed by atoms with Gasteiger partial charge in [0.1, 0.15) is 5.75 Å². The number of benzene rings is 1. The average Bonchev–Trinajstić information content (AvgIpc) is 2.08. The van der Waals surface area contributed by atoms with Crippen molar-refractivity contribution in [2.24, 2.45) is 0 Å². The molecule has 1 aromatic rings. The van der Waals surface area contributed by atoms with Crippen molar-refractivity contribution < 1.29 is 9.90 Å². The summed E-state index contributed by atoms with van der Waals surface area (Å²) < 4.78 is 0. The summed E-state index contributed by atoms with van der Waals surface area (Å²) >= 11 is 10.9. The number of phenols is 1. The van der Waals surface area contributed by atoms with E-state index >= 15 is 0 Å². The van der Waals surface area contributed by atoms with Gasteiger partial charge in [0.2, 0.25) is 0 Å². The lowest BCUT2D eigenvalue weighted by Crippen LogP contribution is -1.99. The number of hydrogen-bond donors (Lipinski definition) is 1. The highest BCUT2D eigenvalue weighted by molar-refractivity contribution is 6.33. The predicted octanol–water partition coefficient (Wildman–Crippen LogP) is 2.47. The fraction of sp³-hybridized carbons (Fsp3) is 0.125. The van der Waals surface area contributed by atoms with Crippen LogP contribution < -0.4 is 0 Å². The van der Waals surface area contributed by atoms with Crippen LogP contribution in [0.3, 0.4) is 0 Å². The number of alkyl halides is 1. The molecule has 64 valence electrons. The largest absolute Gasteiger partial charge is 0.506 e. The normalized spacial score (nSPS) is 9.83. The van der Waals surface area contributed by atoms with E-state index in [0.29, 0.717) is 5.56 Å². The summed E-state index contributed by atoms with van der Waals surface area (Å²) in [5.41, 5.74) is 0.410. The molecule has 0 saturated carbocycles. The van der Waals surface area contributed by atoms with Gasteiger partial charge in [0.25, 0.3) is 0 Å². The van der Waals surface area contributed by atoms with Crippen molar-refractivity contribution in [3.63, 3.8) is 0 Å². The van der Waals surface area contributed by atoms with Crippen LogP contribution in [-0.4, -0.2) is 16.8 Å². The Balaban J connectivity index is 3.05. The van der Waals surface area contributed by atoms with Crippen molar-refractivity contribution in [2.45, 2.75) is 0 Å². The van der Waals surface area contributed by atoms with Gasteiger partial charge in [-0.15, -0.1) is 11.6 Å². The number of halogens is 2. The first-order valence-corrected chi connectivity index (χ1v) is 4.14. The highest BCUT2D eigenvalue weighted by Crippen LogP contribution is 2.23. The van der Waals surface area contributed by atoms with Crippen LogP contribution in [0.15, 0.2) is 18.2 Å². The smallest absolute Gasteiger partial charge is 0.177 e. The van der Waals surface area contributed by atoms with E-state index in [4.69, 9.17) is 28.3 Å². The minimum Gasteiger partial charge on any atom is -0.506 e. The van der Waals surface area contributed by atoms with Gasteiger partial charge in [0.15, 0.2) is 5.78 Å². The highest BCUT2D eigenvalue weighted by atomic mass is 35.5. The molecule has 0 fully saturated rings. The Labute approximate surface area is 79.7 Å². The van der Waals surface area contributed by atoms with Gasteiger partial charge < -0.3 is 5.11 Å². The Kier molecular flexibility index (Phi) is 2.95. The van der Waals surface area contributed by atoms with Crippen LogP contribution in [-0.2, 0) is 0 Å². The second kappa shape index (κ2) is 3.78. The molecular weight excluding hydrogens is 199 g/mol. The summed E-state index contributed by atoms with van der Waals surface area (Å²) in [6, 6.07) is 4.23. The van der Waals surface area contributed by atoms with Crippen molar-refractivity contribution in [1.82, 2.24) is 0 Å². The second-order valence-electron chi connectivity index (χ2n) is 2.22. The van der Waals surface area contributed by atoms with E-state index in [-0.39, 0.29) is 22.4 Å². The lowest BCUT2D eigenvalue weighted by Gasteiger charge is -1.99. The number of aromatic hydroxyl groups is 1. The molecule has 1 rings (SSSR count). The van der Waals surface area contributed by atoms with Crippen molar-refractivity contribution in [3.05, 3.63) is 28.8 Å². The van der Waals surface area contributed by atoms with Crippen LogP contribution in [0, 0.1) is 0 Å². The fourth-order valence-electron chi connectivity index (χ4n) is 0.757. The maximum absolute atomic E-state index is 11.0. The van der Waals surface area contributed by atoms with Crippen LogP contribution in [0.4, 0.5) is 0 Å². The van der Waals surface area contributed by atoms with Crippen LogP contribution in [0.25, 0.3) is 0 Å². The van der Waals surface area contributed by atoms with E-state index in [2.05, 4.69) is 0 Å². The Bertz CT molecular complexity index is 310. The van der Waals surface area contributed by atoms with Gasteiger partial charge in [0, 0.05) is 5.56 Å². The molecule has 0 spiro atoms. The molecule has 1 aromatic carbocycles. The zero-order chi connectivity index (χ0) is 9.14. The number of Topliss-reactive ketones (excluding diaryl/α,β-unsaturated/α-hetero) is 1. The molecule has 0 aliphatic carbocycles. The van der Waals surface area contributed by atoms with E-state index in [1.165, 1.54) is 18.2 Å². The van der Waals surface area contributed by atoms with Crippen LogP contribution >= 0.6 is 23.2 Å². The third-order valence-corrected chi connectivity index (χ3v) is 1.94. The molecule has 0 heterocycles. The summed E-state index contributed by atoms with van der Waals surface area (Å²) in [6.45, 7) is 0. The van der Waals surface area contributed by atoms with Crippen LogP contribution in [0.2, 0.25) is 5.02 Å². The van der Waals surface area contributed by atoms with Crippen molar-refractivity contribution in [2.75, 3.05) is 5.88 Å². The van der Waals surface area contributed by atoms with Crippen LogP contribution in [0.1, 0.15) is 10.4 Å². The second-order valence-corrected chi connectivity index (χ2v) is 2.90. The molecule has 12 heavy (non-hydrogen) atoms. The minimum atomic E-state index is -0.210. The predicted molar refractivity (Wildman–Crippen MR) is 48.2 cm³/mol. The fourth-order valence-corrected chi connectivity index (χ4v) is 1.09. The summed E-state index contributed by atoms with van der Waals surface area (Å²) in [5, 5.41) is 9.18. The average molecular weight is 205 g/mol. The molecule has 2 nitrogen and oxygen atoms in total. The Morgan fingerprint density at radius 2 is 2.17 bits per heavy atom. The van der Waals surface area contributed by atoms with E-state index in [1.807, 2.05) is 0 Å². The summed E-state index contributed by atoms with van der Waals surface area (Å²) in [7, 11) is 0. The quantitative estimate of drug-likeness (QED) is 0.594. The molecule has 1 N–H and O–H groups in total. The maximum Gasteiger partial charge on any atom is 0.177 e. The Morgan fingerprint density at radius 3 is 2.67 bits per heavy atom. The zero-order valence-electron chi connectivity index (χ0n) is 6.05. The molecule has 0 saturated heterocycles. The highest BCUT2D eigenvalue weighted by Gasteiger charge is 2.06. The SMILES string of the molecule is O=C(CCl)c1ccc(O)c(Cl)c1. The zero-order valence-corrected chi connectivity index (χ0v) is 7.56. The van der Waals surface area contributed by atoms with Gasteiger partial charge in [-0.25, -0.2) is 0 Å². The van der Waals surface area contributed by atoms with Crippen molar-refractivity contribution >= 4 is 29.0 Å². The van der Waals surface area contributed by atoms with E-state index in [0.717, 1.165) is 0 Å². The Morgan fingerprint density at radius 1 is 1.50 bits per heavy atom. The van der Waals surface area contributed by atoms with Gasteiger partial charge >= 0.3 is 0 Å². The third-order valence-electron chi connectivity index (χ3n) is 1.39. The molecule has 0 amide bonds. The van der Waals surface area contributed by atoms with Gasteiger partial charge in [-0.2, -0.15) is 0 Å². The number of carbonyl (C=O) groups is 1. The summed E-state index contributed by atoms with van der Waals surface area (Å²) in [6.07, 6.45) is 0. The van der Waals surface area contributed by atoms with Gasteiger partial charge in [-0.1, -0.05) is 11.6 Å². The standard InChI is InChI=1S/C8H6Cl2O2/c9-4-8(12)5-1-2-7(11)6(10)3-5/h1-3,11H,4H2. The van der Waals surface area contributed by atoms with E-state index < -0.39 is 0 Å². The van der Waals surface area contributed by atoms with Crippen LogP contribution in [0.5, 0.6) is 5.75 Å². The first-order chi connectivity index (χ1) is 5.65. The number of phenolic OH excluding ortho intramolecular Hbond substituents is 1. The molecule has 0 bridgehead atoms. The lowest BCUT2D eigenvalue weighted by atomic mass is 10.1. The molecule has 0 aliphatic rings. The molecule has 0 aromatic heterocycles. The van der Waals surface area contributed by atoms with Gasteiger partial charge in [0.05, 0.1) is 10.9 Å². The maximum atomic E-state index is 11.0. The van der Waals surface area contributed by atoms with Crippen molar-refractivity contribution in [3.8, 4) is 5.75 Å². The molecule has 0 atom stereocenters. The van der Waals surface area contributed by atoms with Gasteiger partial charge in [-0.05, 0) is 18.2 Å². The van der Waals surface area contributed by atoms with E-state index in [1.54, 1.807) is 0 Å². The molecule has 0 unspecified atom stereocenters. The molecular formula is C8H6Cl2O2. The monoisotopic (exact) mass is 204 g/mol. The number of hydrogen-bond acceptors (Lipinski definition) is 2. The molecule has 0 radical (unpaired) electrons. The molecule has 4 heteroatoms. The third kappa shape index (κ3) is 1.90. The number of ketones is 1. The summed E-state index contributed by atoms with van der Waals surface area (Å²) in [5.74, 6) is -0.331. The summed E-state index contributed by atoms with van der Waals surface area (Å²) in [4.78, 5) is 11.0. The minimum absolute atomic E-state index is 0.0391. The Hall–Kier alpha value is -0.730. The van der Waals surface area contributed by atoms with Crippen molar-refractivity contribution in [1.29, 1.82) is 0 Å². The first kappa shape index (κ1) is 9.36. The van der Waals surface area contributed by atoms with E-state index in [9.17, 15) is 4.79 Å². The topological polar surface area (TPSA) is 37.3 Å². The molecule has 0 aliphatic heterocycles. The van der Waals surface area contributed by atoms with Gasteiger partial charge in [-0.3, -0.25) is 4.79 Å². The number of rotatable bonds is 2. The number of carbonyl (C=O) groups excluding carboxylic acids is 1. The lowest BCUT2D eigenvalue weighted by molar-refractivity contribution is 0.102.